The molecule has 0 atom stereocenters. The van der Waals surface area contributed by atoms with Crippen molar-refractivity contribution in [3.05, 3.63) is 81.9 Å². The molecule has 3 aromatic carbocycles. The number of para-hydroxylation sites is 1. The maximum Gasteiger partial charge on any atom is 0.271 e. The van der Waals surface area contributed by atoms with E-state index in [0.717, 1.165) is 21.3 Å². The highest BCUT2D eigenvalue weighted by atomic mass is 32.1. The second-order valence-electron chi connectivity index (χ2n) is 8.22. The van der Waals surface area contributed by atoms with E-state index in [-0.39, 0.29) is 24.5 Å². The summed E-state index contributed by atoms with van der Waals surface area (Å²) >= 11 is 1.37. The van der Waals surface area contributed by atoms with Crippen LogP contribution >= 0.6 is 11.3 Å². The first-order chi connectivity index (χ1) is 16.8. The Morgan fingerprint density at radius 3 is 2.60 bits per heavy atom. The second-order valence-corrected chi connectivity index (χ2v) is 9.23. The van der Waals surface area contributed by atoms with E-state index >= 15 is 0 Å². The summed E-state index contributed by atoms with van der Waals surface area (Å²) in [4.78, 5) is 44.7. The predicted molar refractivity (Wildman–Crippen MR) is 134 cm³/mol. The summed E-state index contributed by atoms with van der Waals surface area (Å²) in [6.45, 7) is 3.29. The molecule has 0 unspecified atom stereocenters. The van der Waals surface area contributed by atoms with Crippen molar-refractivity contribution < 1.29 is 19.2 Å². The SMILES string of the molecule is Cc1cc(C)cc(N(C(=O)CN2C(=O)COc3ccc([N+](=O)[O-])cc32)c2nc3ccccc3s2)c1. The number of benzene rings is 3. The molecule has 0 fully saturated rings. The summed E-state index contributed by atoms with van der Waals surface area (Å²) in [7, 11) is 0. The number of thiazole rings is 1. The largest absolute Gasteiger partial charge is 0.482 e. The van der Waals surface area contributed by atoms with Crippen molar-refractivity contribution in [3.63, 3.8) is 0 Å². The normalized spacial score (nSPS) is 12.9. The number of ether oxygens (including phenoxy) is 1. The molecule has 9 nitrogen and oxygen atoms in total. The van der Waals surface area contributed by atoms with Crippen LogP contribution in [0.3, 0.4) is 0 Å². The Morgan fingerprint density at radius 2 is 1.89 bits per heavy atom. The van der Waals surface area contributed by atoms with Gasteiger partial charge in [-0.3, -0.25) is 29.5 Å². The molecular formula is C25H20N4O5S. The maximum absolute atomic E-state index is 13.8. The Labute approximate surface area is 204 Å². The molecule has 5 rings (SSSR count). The Morgan fingerprint density at radius 1 is 1.14 bits per heavy atom. The molecule has 35 heavy (non-hydrogen) atoms. The van der Waals surface area contributed by atoms with Crippen LogP contribution in [0.15, 0.2) is 60.7 Å². The van der Waals surface area contributed by atoms with Crippen LogP contribution in [0, 0.1) is 24.0 Å². The fourth-order valence-corrected chi connectivity index (χ4v) is 5.08. The molecule has 1 aliphatic heterocycles. The smallest absolute Gasteiger partial charge is 0.271 e. The fraction of sp³-hybridized carbons (Fsp3) is 0.160. The highest BCUT2D eigenvalue weighted by molar-refractivity contribution is 7.22. The van der Waals surface area contributed by atoms with Gasteiger partial charge < -0.3 is 4.74 Å². The van der Waals surface area contributed by atoms with Crippen LogP contribution in [0.1, 0.15) is 11.1 Å². The van der Waals surface area contributed by atoms with Crippen molar-refractivity contribution in [2.45, 2.75) is 13.8 Å². The predicted octanol–water partition coefficient (Wildman–Crippen LogP) is 4.91. The average molecular weight is 489 g/mol. The van der Waals surface area contributed by atoms with Crippen molar-refractivity contribution in [2.24, 2.45) is 0 Å². The number of nitro benzene ring substituents is 1. The van der Waals surface area contributed by atoms with Crippen LogP contribution in [-0.2, 0) is 9.59 Å². The number of aryl methyl sites for hydroxylation is 2. The molecule has 0 aliphatic carbocycles. The number of aromatic nitrogens is 1. The van der Waals surface area contributed by atoms with Gasteiger partial charge in [0.05, 0.1) is 26.5 Å². The summed E-state index contributed by atoms with van der Waals surface area (Å²) in [5, 5.41) is 11.8. The molecule has 0 N–H and O–H groups in total. The lowest BCUT2D eigenvalue weighted by Crippen LogP contribution is -2.45. The van der Waals surface area contributed by atoms with Gasteiger partial charge in [0.1, 0.15) is 12.3 Å². The van der Waals surface area contributed by atoms with Crippen molar-refractivity contribution >= 4 is 55.6 Å². The average Bonchev–Trinajstić information content (AvgIpc) is 3.23. The Kier molecular flexibility index (Phi) is 5.65. The van der Waals surface area contributed by atoms with Crippen molar-refractivity contribution in [1.82, 2.24) is 4.98 Å². The lowest BCUT2D eigenvalue weighted by molar-refractivity contribution is -0.384. The second kappa shape index (κ2) is 8.80. The van der Waals surface area contributed by atoms with Crippen molar-refractivity contribution in [1.29, 1.82) is 0 Å². The van der Waals surface area contributed by atoms with Gasteiger partial charge in [-0.2, -0.15) is 0 Å². The number of nitrogens with zero attached hydrogens (tertiary/aromatic N) is 4. The van der Waals surface area contributed by atoms with Gasteiger partial charge in [0.15, 0.2) is 11.7 Å². The highest BCUT2D eigenvalue weighted by Crippen LogP contribution is 2.37. The Bertz CT molecular complexity index is 1450. The summed E-state index contributed by atoms with van der Waals surface area (Å²) in [6.07, 6.45) is 0. The number of hydrogen-bond acceptors (Lipinski definition) is 7. The topological polar surface area (TPSA) is 106 Å². The van der Waals surface area contributed by atoms with E-state index in [0.29, 0.717) is 16.6 Å². The zero-order valence-electron chi connectivity index (χ0n) is 18.9. The molecule has 0 radical (unpaired) electrons. The number of hydrogen-bond donors (Lipinski definition) is 0. The molecule has 176 valence electrons. The highest BCUT2D eigenvalue weighted by Gasteiger charge is 2.32. The number of non-ortho nitro benzene ring substituents is 1. The van der Waals surface area contributed by atoms with Crippen molar-refractivity contribution in [2.75, 3.05) is 23.0 Å². The first kappa shape index (κ1) is 22.5. The summed E-state index contributed by atoms with van der Waals surface area (Å²) < 4.78 is 6.36. The van der Waals surface area contributed by atoms with E-state index < -0.39 is 16.7 Å². The van der Waals surface area contributed by atoms with Gasteiger partial charge in [-0.15, -0.1) is 0 Å². The monoisotopic (exact) mass is 488 g/mol. The minimum absolute atomic E-state index is 0.188. The molecule has 10 heteroatoms. The Balaban J connectivity index is 1.57. The summed E-state index contributed by atoms with van der Waals surface area (Å²) in [5.41, 5.74) is 3.33. The van der Waals surface area contributed by atoms with Gasteiger partial charge in [0.2, 0.25) is 0 Å². The fourth-order valence-electron chi connectivity index (χ4n) is 4.08. The standard InChI is InChI=1S/C25H20N4O5S/c1-15-9-16(2)11-18(10-15)28(25-26-19-5-3-4-6-22(19)35-25)23(30)13-27-20-12-17(29(32)33)7-8-21(20)34-14-24(27)31/h3-12H,13-14H2,1-2H3. The van der Waals surface area contributed by atoms with Crippen LogP contribution < -0.4 is 14.5 Å². The van der Waals surface area contributed by atoms with Crippen LogP contribution in [0.5, 0.6) is 5.75 Å². The van der Waals surface area contributed by atoms with Gasteiger partial charge in [0, 0.05) is 12.1 Å². The van der Waals surface area contributed by atoms with E-state index in [1.165, 1.54) is 39.3 Å². The van der Waals surface area contributed by atoms with E-state index in [4.69, 9.17) is 4.74 Å². The van der Waals surface area contributed by atoms with E-state index in [1.807, 2.05) is 56.3 Å². The molecule has 1 aliphatic rings. The molecule has 4 aromatic rings. The van der Waals surface area contributed by atoms with E-state index in [1.54, 1.807) is 0 Å². The van der Waals surface area contributed by atoms with E-state index in [2.05, 4.69) is 4.98 Å². The molecule has 0 bridgehead atoms. The number of carbonyl (C=O) groups excluding carboxylic acids is 2. The number of nitro groups is 1. The molecular weight excluding hydrogens is 468 g/mol. The van der Waals surface area contributed by atoms with Crippen molar-refractivity contribution in [3.8, 4) is 5.75 Å². The minimum atomic E-state index is -0.553. The first-order valence-electron chi connectivity index (χ1n) is 10.8. The number of carbonyl (C=O) groups is 2. The lowest BCUT2D eigenvalue weighted by atomic mass is 10.1. The molecule has 2 heterocycles. The molecule has 0 spiro atoms. The number of rotatable bonds is 5. The van der Waals surface area contributed by atoms with Gasteiger partial charge >= 0.3 is 0 Å². The summed E-state index contributed by atoms with van der Waals surface area (Å²) in [6, 6.07) is 17.4. The van der Waals surface area contributed by atoms with E-state index in [9.17, 15) is 19.7 Å². The third-order valence-corrected chi connectivity index (χ3v) is 6.60. The van der Waals surface area contributed by atoms with Gasteiger partial charge in [-0.05, 0) is 55.3 Å². The van der Waals surface area contributed by atoms with Gasteiger partial charge in [-0.25, -0.2) is 4.98 Å². The first-order valence-corrected chi connectivity index (χ1v) is 11.6. The zero-order valence-corrected chi connectivity index (χ0v) is 19.7. The molecule has 2 amide bonds. The van der Waals surface area contributed by atoms with Crippen LogP contribution in [0.25, 0.3) is 10.2 Å². The Hall–Kier alpha value is -4.31. The molecule has 0 saturated heterocycles. The van der Waals surface area contributed by atoms with Crippen LogP contribution in [-0.4, -0.2) is 34.9 Å². The van der Waals surface area contributed by atoms with Gasteiger partial charge in [-0.1, -0.05) is 29.5 Å². The summed E-state index contributed by atoms with van der Waals surface area (Å²) in [5.74, 6) is -0.557. The number of amides is 2. The maximum atomic E-state index is 13.8. The molecule has 0 saturated carbocycles. The van der Waals surface area contributed by atoms with Crippen LogP contribution in [0.2, 0.25) is 0 Å². The lowest BCUT2D eigenvalue weighted by Gasteiger charge is -2.30. The molecule has 1 aromatic heterocycles. The number of anilines is 3. The third-order valence-electron chi connectivity index (χ3n) is 5.58. The van der Waals surface area contributed by atoms with Crippen LogP contribution in [0.4, 0.5) is 22.2 Å². The minimum Gasteiger partial charge on any atom is -0.482 e. The third kappa shape index (κ3) is 4.31. The quantitative estimate of drug-likeness (QED) is 0.292. The zero-order chi connectivity index (χ0) is 24.7. The number of fused-ring (bicyclic) bond motifs is 2. The van der Waals surface area contributed by atoms with Gasteiger partial charge in [0.25, 0.3) is 17.5 Å².